The Kier molecular flexibility index (Phi) is 6.92. The summed E-state index contributed by atoms with van der Waals surface area (Å²) in [7, 11) is 0. The summed E-state index contributed by atoms with van der Waals surface area (Å²) in [5.41, 5.74) is 0.386. The summed E-state index contributed by atoms with van der Waals surface area (Å²) in [6, 6.07) is 5.17. The molecule has 0 aromatic carbocycles. The van der Waals surface area contributed by atoms with Crippen LogP contribution in [-0.2, 0) is 4.79 Å². The van der Waals surface area contributed by atoms with E-state index in [0.29, 0.717) is 12.1 Å². The van der Waals surface area contributed by atoms with Crippen LogP contribution in [0.5, 0.6) is 0 Å². The molecule has 0 saturated heterocycles. The Morgan fingerprint density at radius 1 is 1.11 bits per heavy atom. The van der Waals surface area contributed by atoms with Crippen LogP contribution in [0.4, 0.5) is 0 Å². The summed E-state index contributed by atoms with van der Waals surface area (Å²) in [6.45, 7) is 2.16. The highest BCUT2D eigenvalue weighted by Gasteiger charge is 2.12. The van der Waals surface area contributed by atoms with Gasteiger partial charge in [0, 0.05) is 12.6 Å². The van der Waals surface area contributed by atoms with Crippen LogP contribution in [-0.4, -0.2) is 16.6 Å². The van der Waals surface area contributed by atoms with E-state index in [1.165, 1.54) is 19.3 Å². The molecule has 0 spiro atoms. The number of ketones is 2. The Balaban J connectivity index is 2.22. The molecule has 3 heteroatoms. The minimum Gasteiger partial charge on any atom is -0.299 e. The van der Waals surface area contributed by atoms with Gasteiger partial charge in [-0.25, -0.2) is 0 Å². The first-order chi connectivity index (χ1) is 8.74. The fraction of sp³-hybridized carbons (Fsp3) is 0.533. The van der Waals surface area contributed by atoms with Crippen LogP contribution >= 0.6 is 0 Å². The zero-order chi connectivity index (χ0) is 13.2. The topological polar surface area (TPSA) is 47.0 Å². The molecule has 0 aliphatic rings. The predicted octanol–water partition coefficient (Wildman–Crippen LogP) is 3.58. The molecule has 3 nitrogen and oxygen atoms in total. The lowest BCUT2D eigenvalue weighted by molar-refractivity contribution is -0.118. The number of unbranched alkanes of at least 4 members (excludes halogenated alkanes) is 4. The first-order valence-corrected chi connectivity index (χ1v) is 6.70. The number of rotatable bonds is 9. The van der Waals surface area contributed by atoms with E-state index in [0.717, 1.165) is 12.8 Å². The van der Waals surface area contributed by atoms with Crippen molar-refractivity contribution in [2.45, 2.75) is 51.9 Å². The fourth-order valence-electron chi connectivity index (χ4n) is 1.81. The maximum Gasteiger partial charge on any atom is 0.188 e. The summed E-state index contributed by atoms with van der Waals surface area (Å²) < 4.78 is 0. The quantitative estimate of drug-likeness (QED) is 0.380. The van der Waals surface area contributed by atoms with Gasteiger partial charge in [-0.1, -0.05) is 38.7 Å². The van der Waals surface area contributed by atoms with E-state index in [9.17, 15) is 9.59 Å². The molecule has 0 N–H and O–H groups in total. The highest BCUT2D eigenvalue weighted by molar-refractivity contribution is 6.06. The zero-order valence-corrected chi connectivity index (χ0v) is 11.0. The second-order valence-corrected chi connectivity index (χ2v) is 4.52. The monoisotopic (exact) mass is 247 g/mol. The van der Waals surface area contributed by atoms with Crippen LogP contribution in [0.2, 0.25) is 0 Å². The van der Waals surface area contributed by atoms with Gasteiger partial charge in [0.2, 0.25) is 0 Å². The Labute approximate surface area is 109 Å². The van der Waals surface area contributed by atoms with Crippen LogP contribution in [0.1, 0.15) is 62.4 Å². The zero-order valence-electron chi connectivity index (χ0n) is 11.0. The molecule has 1 heterocycles. The second kappa shape index (κ2) is 8.56. The molecule has 0 unspecified atom stereocenters. The van der Waals surface area contributed by atoms with E-state index in [1.807, 2.05) is 0 Å². The molecule has 18 heavy (non-hydrogen) atoms. The van der Waals surface area contributed by atoms with Crippen molar-refractivity contribution in [2.75, 3.05) is 0 Å². The maximum absolute atomic E-state index is 11.7. The number of Topliss-reactive ketones (excluding diaryl/α,β-unsaturated/α-hetero) is 2. The minimum absolute atomic E-state index is 0.00914. The van der Waals surface area contributed by atoms with Crippen molar-refractivity contribution in [3.8, 4) is 0 Å². The van der Waals surface area contributed by atoms with Crippen LogP contribution in [0.25, 0.3) is 0 Å². The van der Waals surface area contributed by atoms with E-state index in [1.54, 1.807) is 24.4 Å². The van der Waals surface area contributed by atoms with E-state index in [2.05, 4.69) is 11.9 Å². The van der Waals surface area contributed by atoms with E-state index >= 15 is 0 Å². The second-order valence-electron chi connectivity index (χ2n) is 4.52. The Morgan fingerprint density at radius 2 is 1.89 bits per heavy atom. The fourth-order valence-corrected chi connectivity index (χ4v) is 1.81. The molecule has 0 aliphatic heterocycles. The lowest BCUT2D eigenvalue weighted by Gasteiger charge is -2.01. The third-order valence-corrected chi connectivity index (χ3v) is 2.87. The smallest absolute Gasteiger partial charge is 0.188 e. The van der Waals surface area contributed by atoms with Crippen LogP contribution < -0.4 is 0 Å². The number of nitrogens with zero attached hydrogens (tertiary/aromatic N) is 1. The number of pyridine rings is 1. The first kappa shape index (κ1) is 14.6. The highest BCUT2D eigenvalue weighted by Crippen LogP contribution is 2.08. The van der Waals surface area contributed by atoms with Crippen molar-refractivity contribution < 1.29 is 9.59 Å². The molecule has 1 rings (SSSR count). The molecule has 0 radical (unpaired) electrons. The number of aromatic nitrogens is 1. The van der Waals surface area contributed by atoms with Crippen molar-refractivity contribution in [3.63, 3.8) is 0 Å². The molecule has 0 bridgehead atoms. The van der Waals surface area contributed by atoms with Crippen LogP contribution in [0.3, 0.4) is 0 Å². The van der Waals surface area contributed by atoms with Crippen molar-refractivity contribution in [2.24, 2.45) is 0 Å². The van der Waals surface area contributed by atoms with Gasteiger partial charge in [0.05, 0.1) is 6.42 Å². The summed E-state index contributed by atoms with van der Waals surface area (Å²) in [6.07, 6.45) is 7.66. The summed E-state index contributed by atoms with van der Waals surface area (Å²) in [4.78, 5) is 27.3. The van der Waals surface area contributed by atoms with Gasteiger partial charge in [0.1, 0.15) is 11.5 Å². The van der Waals surface area contributed by atoms with Crippen molar-refractivity contribution in [1.82, 2.24) is 4.98 Å². The molecular weight excluding hydrogens is 226 g/mol. The molecule has 1 aromatic heterocycles. The third-order valence-electron chi connectivity index (χ3n) is 2.87. The van der Waals surface area contributed by atoms with Gasteiger partial charge in [0.15, 0.2) is 5.78 Å². The first-order valence-electron chi connectivity index (χ1n) is 6.70. The van der Waals surface area contributed by atoms with Crippen LogP contribution in [0.15, 0.2) is 24.4 Å². The molecule has 0 atom stereocenters. The molecule has 0 saturated carbocycles. The Hall–Kier alpha value is -1.51. The van der Waals surface area contributed by atoms with Crippen molar-refractivity contribution in [1.29, 1.82) is 0 Å². The largest absolute Gasteiger partial charge is 0.299 e. The van der Waals surface area contributed by atoms with Gasteiger partial charge in [-0.3, -0.25) is 14.6 Å². The average Bonchev–Trinajstić information content (AvgIpc) is 2.39. The van der Waals surface area contributed by atoms with Crippen LogP contribution in [0, 0.1) is 0 Å². The molecule has 0 aliphatic carbocycles. The number of carbonyl (C=O) groups excluding carboxylic acids is 2. The number of hydrogen-bond acceptors (Lipinski definition) is 3. The van der Waals surface area contributed by atoms with Crippen molar-refractivity contribution in [3.05, 3.63) is 30.1 Å². The molecule has 98 valence electrons. The summed E-state index contributed by atoms with van der Waals surface area (Å²) >= 11 is 0. The van der Waals surface area contributed by atoms with E-state index in [-0.39, 0.29) is 18.0 Å². The normalized spacial score (nSPS) is 10.3. The third kappa shape index (κ3) is 5.71. The van der Waals surface area contributed by atoms with Crippen molar-refractivity contribution >= 4 is 11.6 Å². The number of carbonyl (C=O) groups is 2. The van der Waals surface area contributed by atoms with Gasteiger partial charge in [-0.2, -0.15) is 0 Å². The van der Waals surface area contributed by atoms with Gasteiger partial charge in [-0.05, 0) is 18.6 Å². The Morgan fingerprint density at radius 3 is 2.56 bits per heavy atom. The molecule has 1 aromatic rings. The molecule has 0 amide bonds. The van der Waals surface area contributed by atoms with Gasteiger partial charge in [0.25, 0.3) is 0 Å². The molecule has 0 fully saturated rings. The lowest BCUT2D eigenvalue weighted by atomic mass is 10.0. The Bertz CT molecular complexity index is 373. The van der Waals surface area contributed by atoms with Gasteiger partial charge >= 0.3 is 0 Å². The van der Waals surface area contributed by atoms with E-state index < -0.39 is 0 Å². The van der Waals surface area contributed by atoms with Gasteiger partial charge in [-0.15, -0.1) is 0 Å². The van der Waals surface area contributed by atoms with Gasteiger partial charge < -0.3 is 0 Å². The maximum atomic E-state index is 11.7. The summed E-state index contributed by atoms with van der Waals surface area (Å²) in [5, 5.41) is 0. The van der Waals surface area contributed by atoms with E-state index in [4.69, 9.17) is 0 Å². The standard InChI is InChI=1S/C15H21NO2/c1-2-3-4-5-6-9-13(17)12-15(18)14-10-7-8-11-16-14/h7-8,10-11H,2-6,9,12H2,1H3. The minimum atomic E-state index is -0.172. The lowest BCUT2D eigenvalue weighted by Crippen LogP contribution is -2.09. The number of hydrogen-bond donors (Lipinski definition) is 0. The average molecular weight is 247 g/mol. The highest BCUT2D eigenvalue weighted by atomic mass is 16.1. The predicted molar refractivity (Wildman–Crippen MR) is 71.6 cm³/mol. The SMILES string of the molecule is CCCCCCCC(=O)CC(=O)c1ccccn1. The molecular formula is C15H21NO2. The summed E-state index contributed by atoms with van der Waals surface area (Å²) in [5.74, 6) is -0.142.